The number of thiophene rings is 1. The van der Waals surface area contributed by atoms with Gasteiger partial charge in [-0.25, -0.2) is 0 Å². The van der Waals surface area contributed by atoms with E-state index >= 15 is 0 Å². The first-order chi connectivity index (χ1) is 12.7. The number of benzene rings is 2. The van der Waals surface area contributed by atoms with E-state index in [1.165, 1.54) is 10.4 Å². The summed E-state index contributed by atoms with van der Waals surface area (Å²) in [6.07, 6.45) is 0. The molecule has 4 rings (SSSR count). The highest BCUT2D eigenvalue weighted by Gasteiger charge is 2.21. The molecule has 4 nitrogen and oxygen atoms in total. The number of carbonyl (C=O) groups is 1. The van der Waals surface area contributed by atoms with Crippen molar-refractivity contribution in [2.24, 2.45) is 0 Å². The summed E-state index contributed by atoms with van der Waals surface area (Å²) in [7, 11) is 0. The minimum Gasteiger partial charge on any atom is -0.454 e. The highest BCUT2D eigenvalue weighted by Crippen LogP contribution is 2.33. The molecule has 1 aliphatic rings. The average molecular weight is 365 g/mol. The fourth-order valence-corrected chi connectivity index (χ4v) is 3.88. The van der Waals surface area contributed by atoms with Gasteiger partial charge in [0.2, 0.25) is 6.79 Å². The molecule has 0 aliphatic carbocycles. The molecule has 0 fully saturated rings. The van der Waals surface area contributed by atoms with Crippen molar-refractivity contribution >= 4 is 17.2 Å². The van der Waals surface area contributed by atoms with Crippen LogP contribution in [0.5, 0.6) is 11.5 Å². The molecule has 0 bridgehead atoms. The molecule has 3 aromatic rings. The SMILES string of the molecule is Cc1ccsc1CN(Cc1ccccc1)C(=O)c1ccc2c(c1)OCO2. The zero-order chi connectivity index (χ0) is 17.9. The van der Waals surface area contributed by atoms with E-state index in [9.17, 15) is 4.79 Å². The lowest BCUT2D eigenvalue weighted by Crippen LogP contribution is -2.30. The molecule has 0 atom stereocenters. The number of hydrogen-bond donors (Lipinski definition) is 0. The zero-order valence-electron chi connectivity index (χ0n) is 14.5. The lowest BCUT2D eigenvalue weighted by Gasteiger charge is -2.23. The largest absolute Gasteiger partial charge is 0.454 e. The molecule has 5 heteroatoms. The van der Waals surface area contributed by atoms with Gasteiger partial charge in [0.15, 0.2) is 11.5 Å². The Balaban J connectivity index is 1.62. The third-order valence-electron chi connectivity index (χ3n) is 4.43. The standard InChI is InChI=1S/C21H19NO3S/c1-15-9-10-26-20(15)13-22(12-16-5-3-2-4-6-16)21(23)17-7-8-18-19(11-17)25-14-24-18/h2-11H,12-14H2,1H3. The number of carbonyl (C=O) groups excluding carboxylic acids is 1. The average Bonchev–Trinajstić information content (AvgIpc) is 3.29. The third kappa shape index (κ3) is 3.44. The van der Waals surface area contributed by atoms with Crippen LogP contribution in [0.2, 0.25) is 0 Å². The van der Waals surface area contributed by atoms with Crippen molar-refractivity contribution in [2.75, 3.05) is 6.79 Å². The summed E-state index contributed by atoms with van der Waals surface area (Å²) in [4.78, 5) is 16.3. The van der Waals surface area contributed by atoms with Crippen molar-refractivity contribution in [3.8, 4) is 11.5 Å². The number of hydrogen-bond acceptors (Lipinski definition) is 4. The van der Waals surface area contributed by atoms with Gasteiger partial charge < -0.3 is 14.4 Å². The van der Waals surface area contributed by atoms with Gasteiger partial charge in [0.05, 0.1) is 6.54 Å². The Morgan fingerprint density at radius 1 is 1.04 bits per heavy atom. The van der Waals surface area contributed by atoms with Crippen molar-refractivity contribution in [3.05, 3.63) is 81.5 Å². The number of amides is 1. The monoisotopic (exact) mass is 365 g/mol. The number of ether oxygens (including phenoxy) is 2. The zero-order valence-corrected chi connectivity index (χ0v) is 15.3. The van der Waals surface area contributed by atoms with Gasteiger partial charge in [0, 0.05) is 17.0 Å². The van der Waals surface area contributed by atoms with E-state index in [0.717, 1.165) is 5.56 Å². The van der Waals surface area contributed by atoms with Crippen molar-refractivity contribution < 1.29 is 14.3 Å². The van der Waals surface area contributed by atoms with E-state index in [1.807, 2.05) is 35.2 Å². The molecule has 2 aromatic carbocycles. The molecule has 0 saturated carbocycles. The van der Waals surface area contributed by atoms with Crippen LogP contribution in [0, 0.1) is 6.92 Å². The molecule has 0 radical (unpaired) electrons. The van der Waals surface area contributed by atoms with Gasteiger partial charge in [-0.15, -0.1) is 11.3 Å². The maximum Gasteiger partial charge on any atom is 0.254 e. The summed E-state index contributed by atoms with van der Waals surface area (Å²) in [5, 5.41) is 2.07. The molecule has 1 aliphatic heterocycles. The van der Waals surface area contributed by atoms with Crippen LogP contribution in [-0.4, -0.2) is 17.6 Å². The number of rotatable bonds is 5. The summed E-state index contributed by atoms with van der Waals surface area (Å²) in [6, 6.07) is 17.5. The lowest BCUT2D eigenvalue weighted by atomic mass is 10.1. The minimum absolute atomic E-state index is 0.0139. The summed E-state index contributed by atoms with van der Waals surface area (Å²) >= 11 is 1.68. The number of nitrogens with zero attached hydrogens (tertiary/aromatic N) is 1. The molecule has 26 heavy (non-hydrogen) atoms. The van der Waals surface area contributed by atoms with Crippen molar-refractivity contribution in [2.45, 2.75) is 20.0 Å². The maximum atomic E-state index is 13.2. The fraction of sp³-hybridized carbons (Fsp3) is 0.190. The van der Waals surface area contributed by atoms with Crippen LogP contribution in [0.1, 0.15) is 26.4 Å². The van der Waals surface area contributed by atoms with Crippen molar-refractivity contribution in [1.29, 1.82) is 0 Å². The van der Waals surface area contributed by atoms with Crippen molar-refractivity contribution in [1.82, 2.24) is 4.90 Å². The topological polar surface area (TPSA) is 38.8 Å². The van der Waals surface area contributed by atoms with Gasteiger partial charge >= 0.3 is 0 Å². The van der Waals surface area contributed by atoms with Gasteiger partial charge in [-0.1, -0.05) is 30.3 Å². The van der Waals surface area contributed by atoms with Gasteiger partial charge in [0.1, 0.15) is 0 Å². The lowest BCUT2D eigenvalue weighted by molar-refractivity contribution is 0.0731. The van der Waals surface area contributed by atoms with Crippen LogP contribution in [0.15, 0.2) is 60.0 Å². The quantitative estimate of drug-likeness (QED) is 0.662. The predicted molar refractivity (Wildman–Crippen MR) is 102 cm³/mol. The maximum absolute atomic E-state index is 13.2. The second kappa shape index (κ2) is 7.22. The summed E-state index contributed by atoms with van der Waals surface area (Å²) < 4.78 is 10.8. The van der Waals surface area contributed by atoms with Crippen LogP contribution in [-0.2, 0) is 13.1 Å². The normalized spacial score (nSPS) is 12.2. The molecule has 0 spiro atoms. The highest BCUT2D eigenvalue weighted by atomic mass is 32.1. The smallest absolute Gasteiger partial charge is 0.254 e. The third-order valence-corrected chi connectivity index (χ3v) is 5.43. The Kier molecular flexibility index (Phi) is 4.63. The molecule has 1 aromatic heterocycles. The number of aryl methyl sites for hydroxylation is 1. The molecule has 0 saturated heterocycles. The van der Waals surface area contributed by atoms with Gasteiger partial charge in [-0.3, -0.25) is 4.79 Å². The van der Waals surface area contributed by atoms with E-state index in [1.54, 1.807) is 29.5 Å². The first-order valence-corrected chi connectivity index (χ1v) is 9.34. The van der Waals surface area contributed by atoms with E-state index in [0.29, 0.717) is 30.2 Å². The highest BCUT2D eigenvalue weighted by molar-refractivity contribution is 7.10. The van der Waals surface area contributed by atoms with E-state index in [2.05, 4.69) is 18.4 Å². The summed E-state index contributed by atoms with van der Waals surface area (Å²) in [6.45, 7) is 3.43. The van der Waals surface area contributed by atoms with E-state index < -0.39 is 0 Å². The van der Waals surface area contributed by atoms with Crippen LogP contribution < -0.4 is 9.47 Å². The molecule has 2 heterocycles. The van der Waals surface area contributed by atoms with E-state index in [4.69, 9.17) is 9.47 Å². The summed E-state index contributed by atoms with van der Waals surface area (Å²) in [5.74, 6) is 1.30. The molecular weight excluding hydrogens is 346 g/mol. The van der Waals surface area contributed by atoms with Crippen LogP contribution in [0.25, 0.3) is 0 Å². The Bertz CT molecular complexity index is 920. The molecule has 1 amide bonds. The van der Waals surface area contributed by atoms with Gasteiger partial charge in [0.25, 0.3) is 5.91 Å². The van der Waals surface area contributed by atoms with Crippen LogP contribution in [0.4, 0.5) is 0 Å². The predicted octanol–water partition coefficient (Wildman–Crippen LogP) is 4.63. The molecular formula is C21H19NO3S. The Hall–Kier alpha value is -2.79. The van der Waals surface area contributed by atoms with Crippen LogP contribution >= 0.6 is 11.3 Å². The number of fused-ring (bicyclic) bond motifs is 1. The van der Waals surface area contributed by atoms with E-state index in [-0.39, 0.29) is 12.7 Å². The van der Waals surface area contributed by atoms with Gasteiger partial charge in [-0.2, -0.15) is 0 Å². The second-order valence-corrected chi connectivity index (χ2v) is 7.24. The Morgan fingerprint density at radius 2 is 1.85 bits per heavy atom. The molecule has 132 valence electrons. The Morgan fingerprint density at radius 3 is 2.62 bits per heavy atom. The first-order valence-electron chi connectivity index (χ1n) is 8.46. The summed E-state index contributed by atoms with van der Waals surface area (Å²) in [5.41, 5.74) is 2.93. The second-order valence-electron chi connectivity index (χ2n) is 6.24. The minimum atomic E-state index is -0.0139. The van der Waals surface area contributed by atoms with Crippen LogP contribution in [0.3, 0.4) is 0 Å². The fourth-order valence-electron chi connectivity index (χ4n) is 2.95. The molecule has 0 unspecified atom stereocenters. The van der Waals surface area contributed by atoms with Gasteiger partial charge in [-0.05, 0) is 47.7 Å². The molecule has 0 N–H and O–H groups in total. The Labute approximate surface area is 156 Å². The first kappa shape index (κ1) is 16.7. The van der Waals surface area contributed by atoms with Crippen molar-refractivity contribution in [3.63, 3.8) is 0 Å².